The largest absolute Gasteiger partial charge is 0.376 e. The number of H-pyrrole nitrogens is 1. The number of ether oxygens (including phenoxy) is 1. The van der Waals surface area contributed by atoms with Crippen LogP contribution in [0.5, 0.6) is 0 Å². The Balaban J connectivity index is 1.51. The first-order valence-corrected chi connectivity index (χ1v) is 9.76. The van der Waals surface area contributed by atoms with Crippen molar-refractivity contribution in [3.8, 4) is 0 Å². The lowest BCUT2D eigenvalue weighted by Crippen LogP contribution is -2.48. The molecule has 24 heavy (non-hydrogen) atoms. The molecule has 1 saturated heterocycles. The molecule has 4 rings (SSSR count). The number of rotatable bonds is 4. The van der Waals surface area contributed by atoms with Crippen molar-refractivity contribution in [3.05, 3.63) is 46.8 Å². The summed E-state index contributed by atoms with van der Waals surface area (Å²) in [5, 5.41) is 7.49. The van der Waals surface area contributed by atoms with Crippen molar-refractivity contribution < 1.29 is 13.2 Å². The van der Waals surface area contributed by atoms with E-state index in [2.05, 4.69) is 10.2 Å². The second kappa shape index (κ2) is 5.98. The highest BCUT2D eigenvalue weighted by Crippen LogP contribution is 2.34. The Morgan fingerprint density at radius 1 is 1.38 bits per heavy atom. The van der Waals surface area contributed by atoms with Gasteiger partial charge in [0.15, 0.2) is 0 Å². The van der Waals surface area contributed by atoms with Crippen LogP contribution in [0.25, 0.3) is 0 Å². The summed E-state index contributed by atoms with van der Waals surface area (Å²) >= 11 is 0. The number of aromatic nitrogens is 2. The fourth-order valence-electron chi connectivity index (χ4n) is 3.35. The van der Waals surface area contributed by atoms with E-state index in [1.165, 1.54) is 4.31 Å². The molecule has 128 valence electrons. The summed E-state index contributed by atoms with van der Waals surface area (Å²) in [6, 6.07) is 7.21. The zero-order chi connectivity index (χ0) is 16.7. The van der Waals surface area contributed by atoms with Gasteiger partial charge in [0.1, 0.15) is 0 Å². The van der Waals surface area contributed by atoms with Gasteiger partial charge in [0.05, 0.1) is 23.8 Å². The number of fused-ring (bicyclic) bond motifs is 1. The predicted molar refractivity (Wildman–Crippen MR) is 89.3 cm³/mol. The molecule has 1 N–H and O–H groups in total. The zero-order valence-corrected chi connectivity index (χ0v) is 14.5. The summed E-state index contributed by atoms with van der Waals surface area (Å²) in [6.07, 6.45) is 1.67. The third kappa shape index (κ3) is 2.56. The van der Waals surface area contributed by atoms with Gasteiger partial charge in [0, 0.05) is 36.7 Å². The number of aromatic amines is 1. The molecule has 0 spiro atoms. The predicted octanol–water partition coefficient (Wildman–Crippen LogP) is 1.83. The van der Waals surface area contributed by atoms with Gasteiger partial charge < -0.3 is 4.74 Å². The molecule has 1 aromatic heterocycles. The van der Waals surface area contributed by atoms with Gasteiger partial charge in [-0.15, -0.1) is 0 Å². The van der Waals surface area contributed by atoms with E-state index in [0.717, 1.165) is 35.4 Å². The molecule has 1 aromatic carbocycles. The Morgan fingerprint density at radius 2 is 2.21 bits per heavy atom. The minimum atomic E-state index is -3.42. The number of nitrogens with one attached hydrogen (secondary N) is 1. The van der Waals surface area contributed by atoms with E-state index in [0.29, 0.717) is 31.2 Å². The Labute approximate surface area is 141 Å². The number of hydrogen-bond acceptors (Lipinski definition) is 4. The van der Waals surface area contributed by atoms with Gasteiger partial charge in [0.2, 0.25) is 10.0 Å². The van der Waals surface area contributed by atoms with Crippen molar-refractivity contribution in [3.63, 3.8) is 0 Å². The van der Waals surface area contributed by atoms with Crippen molar-refractivity contribution in [2.45, 2.75) is 37.2 Å². The van der Waals surface area contributed by atoms with Crippen LogP contribution in [-0.2, 0) is 34.2 Å². The molecule has 0 bridgehead atoms. The smallest absolute Gasteiger partial charge is 0.243 e. The number of nitrogens with zero attached hydrogens (tertiary/aromatic N) is 2. The third-order valence-electron chi connectivity index (χ3n) is 4.91. The highest BCUT2D eigenvalue weighted by molar-refractivity contribution is 7.89. The van der Waals surface area contributed by atoms with E-state index in [4.69, 9.17) is 4.74 Å². The normalized spacial score (nSPS) is 19.0. The quantitative estimate of drug-likeness (QED) is 0.916. The fourth-order valence-corrected chi connectivity index (χ4v) is 4.95. The van der Waals surface area contributed by atoms with Gasteiger partial charge >= 0.3 is 0 Å². The topological polar surface area (TPSA) is 75.3 Å². The maximum absolute atomic E-state index is 12.8. The molecule has 6 nitrogen and oxygen atoms in total. The molecule has 3 heterocycles. The van der Waals surface area contributed by atoms with Crippen LogP contribution in [0.4, 0.5) is 0 Å². The summed E-state index contributed by atoms with van der Waals surface area (Å²) in [7, 11) is -3.42. The lowest BCUT2D eigenvalue weighted by Gasteiger charge is -2.37. The van der Waals surface area contributed by atoms with Crippen molar-refractivity contribution in [1.29, 1.82) is 0 Å². The van der Waals surface area contributed by atoms with Crippen molar-refractivity contribution in [2.75, 3.05) is 19.7 Å². The summed E-state index contributed by atoms with van der Waals surface area (Å²) in [5.41, 5.74) is 4.26. The molecule has 1 fully saturated rings. The van der Waals surface area contributed by atoms with E-state index in [1.54, 1.807) is 12.1 Å². The number of hydrogen-bond donors (Lipinski definition) is 1. The van der Waals surface area contributed by atoms with Crippen LogP contribution < -0.4 is 0 Å². The minimum Gasteiger partial charge on any atom is -0.376 e. The Kier molecular flexibility index (Phi) is 3.94. The van der Waals surface area contributed by atoms with Crippen LogP contribution in [-0.4, -0.2) is 42.6 Å². The minimum absolute atomic E-state index is 0.149. The first-order chi connectivity index (χ1) is 11.6. The van der Waals surface area contributed by atoms with Gasteiger partial charge in [-0.3, -0.25) is 5.10 Å². The van der Waals surface area contributed by atoms with Gasteiger partial charge in [0.25, 0.3) is 0 Å². The SMILES string of the molecule is CCc1cccc(S(=O)(=O)N2CC(c3n[nH]c4c3COCC4)C2)c1. The molecule has 0 aliphatic carbocycles. The number of aryl methyl sites for hydroxylation is 1. The Bertz CT molecular complexity index is 854. The first-order valence-electron chi connectivity index (χ1n) is 8.32. The monoisotopic (exact) mass is 347 g/mol. The van der Waals surface area contributed by atoms with Gasteiger partial charge in [-0.1, -0.05) is 19.1 Å². The number of benzene rings is 1. The van der Waals surface area contributed by atoms with Crippen molar-refractivity contribution in [2.24, 2.45) is 0 Å². The van der Waals surface area contributed by atoms with Crippen LogP contribution in [0, 0.1) is 0 Å². The van der Waals surface area contributed by atoms with Crippen LogP contribution in [0.3, 0.4) is 0 Å². The second-order valence-electron chi connectivity index (χ2n) is 6.39. The highest BCUT2D eigenvalue weighted by atomic mass is 32.2. The maximum Gasteiger partial charge on any atom is 0.243 e. The molecule has 2 aliphatic heterocycles. The average Bonchev–Trinajstić information content (AvgIpc) is 2.97. The molecule has 0 atom stereocenters. The Morgan fingerprint density at radius 3 is 3.00 bits per heavy atom. The van der Waals surface area contributed by atoms with Crippen molar-refractivity contribution >= 4 is 10.0 Å². The lowest BCUT2D eigenvalue weighted by atomic mass is 9.94. The molecule has 2 aliphatic rings. The molecule has 0 saturated carbocycles. The molecule has 2 aromatic rings. The zero-order valence-electron chi connectivity index (χ0n) is 13.7. The number of sulfonamides is 1. The van der Waals surface area contributed by atoms with E-state index in [1.807, 2.05) is 19.1 Å². The average molecular weight is 347 g/mol. The van der Waals surface area contributed by atoms with Gasteiger partial charge in [-0.25, -0.2) is 8.42 Å². The molecule has 7 heteroatoms. The van der Waals surface area contributed by atoms with E-state index >= 15 is 0 Å². The molecule has 0 radical (unpaired) electrons. The van der Waals surface area contributed by atoms with Gasteiger partial charge in [-0.05, 0) is 24.1 Å². The summed E-state index contributed by atoms with van der Waals surface area (Å²) < 4.78 is 32.6. The van der Waals surface area contributed by atoms with E-state index < -0.39 is 10.0 Å². The fraction of sp³-hybridized carbons (Fsp3) is 0.471. The van der Waals surface area contributed by atoms with Crippen molar-refractivity contribution in [1.82, 2.24) is 14.5 Å². The molecular formula is C17H21N3O3S. The summed E-state index contributed by atoms with van der Waals surface area (Å²) in [4.78, 5) is 0.382. The van der Waals surface area contributed by atoms with Crippen LogP contribution in [0.2, 0.25) is 0 Å². The van der Waals surface area contributed by atoms with Crippen LogP contribution >= 0.6 is 0 Å². The first kappa shape index (κ1) is 15.8. The second-order valence-corrected chi connectivity index (χ2v) is 8.33. The molecular weight excluding hydrogens is 326 g/mol. The van der Waals surface area contributed by atoms with E-state index in [-0.39, 0.29) is 5.92 Å². The van der Waals surface area contributed by atoms with E-state index in [9.17, 15) is 8.42 Å². The Hall–Kier alpha value is -1.70. The summed E-state index contributed by atoms with van der Waals surface area (Å²) in [5.74, 6) is 0.149. The standard InChI is InChI=1S/C17H21N3O3S/c1-2-12-4-3-5-14(8-12)24(21,22)20-9-13(10-20)17-15-11-23-7-6-16(15)18-19-17/h3-5,8,13H,2,6-7,9-11H2,1H3,(H,18,19). The van der Waals surface area contributed by atoms with Crippen LogP contribution in [0.15, 0.2) is 29.2 Å². The summed E-state index contributed by atoms with van der Waals surface area (Å²) in [6.45, 7) is 4.27. The van der Waals surface area contributed by atoms with Crippen LogP contribution in [0.1, 0.15) is 35.4 Å². The molecule has 0 amide bonds. The lowest BCUT2D eigenvalue weighted by molar-refractivity contribution is 0.108. The maximum atomic E-state index is 12.8. The highest BCUT2D eigenvalue weighted by Gasteiger charge is 2.40. The third-order valence-corrected chi connectivity index (χ3v) is 6.73. The molecule has 0 unspecified atom stereocenters. The van der Waals surface area contributed by atoms with Gasteiger partial charge in [-0.2, -0.15) is 9.40 Å².